The molecule has 0 saturated carbocycles. The third-order valence-electron chi connectivity index (χ3n) is 2.48. The molecule has 0 aliphatic carbocycles. The first-order chi connectivity index (χ1) is 7.33. The second kappa shape index (κ2) is 4.24. The predicted molar refractivity (Wildman–Crippen MR) is 60.3 cm³/mol. The van der Waals surface area contributed by atoms with Gasteiger partial charge in [0, 0.05) is 17.5 Å². The molecule has 0 bridgehead atoms. The average molecular weight is 199 g/mol. The van der Waals surface area contributed by atoms with Gasteiger partial charge in [0.15, 0.2) is 0 Å². The molecule has 0 atom stereocenters. The van der Waals surface area contributed by atoms with Gasteiger partial charge in [0.25, 0.3) is 0 Å². The van der Waals surface area contributed by atoms with Crippen molar-refractivity contribution in [1.29, 1.82) is 0 Å². The number of rotatable bonds is 2. The molecule has 0 saturated heterocycles. The fourth-order valence-corrected chi connectivity index (χ4v) is 1.69. The third-order valence-corrected chi connectivity index (χ3v) is 2.48. The minimum absolute atomic E-state index is 0.0600. The van der Waals surface area contributed by atoms with E-state index in [0.29, 0.717) is 0 Å². The van der Waals surface area contributed by atoms with E-state index in [1.807, 2.05) is 43.3 Å². The van der Waals surface area contributed by atoms with Gasteiger partial charge in [-0.15, -0.1) is 0 Å². The van der Waals surface area contributed by atoms with Gasteiger partial charge in [-0.3, -0.25) is 4.98 Å². The van der Waals surface area contributed by atoms with Gasteiger partial charge in [0.2, 0.25) is 0 Å². The summed E-state index contributed by atoms with van der Waals surface area (Å²) in [5, 5.41) is 9.25. The summed E-state index contributed by atoms with van der Waals surface area (Å²) in [7, 11) is 0. The Morgan fingerprint density at radius 1 is 1.07 bits per heavy atom. The third kappa shape index (κ3) is 1.90. The molecule has 1 N–H and O–H groups in total. The Kier molecular flexibility index (Phi) is 2.79. The van der Waals surface area contributed by atoms with Crippen LogP contribution in [0.5, 0.6) is 0 Å². The molecule has 0 amide bonds. The maximum atomic E-state index is 9.25. The number of hydrogen-bond donors (Lipinski definition) is 1. The molecule has 2 aromatic rings. The molecular weight excluding hydrogens is 186 g/mol. The van der Waals surface area contributed by atoms with Crippen molar-refractivity contribution in [3.05, 3.63) is 53.9 Å². The van der Waals surface area contributed by atoms with Crippen LogP contribution in [0.4, 0.5) is 0 Å². The molecule has 2 heteroatoms. The Bertz CT molecular complexity index is 466. The quantitative estimate of drug-likeness (QED) is 0.806. The first kappa shape index (κ1) is 9.87. The standard InChI is InChI=1S/C13H13NO/c1-10-12(7-4-8-14-10)13-6-3-2-5-11(13)9-15/h2-8,15H,9H2,1H3. The van der Waals surface area contributed by atoms with Crippen molar-refractivity contribution in [2.24, 2.45) is 0 Å². The van der Waals surface area contributed by atoms with Crippen LogP contribution in [0.15, 0.2) is 42.6 Å². The van der Waals surface area contributed by atoms with Crippen LogP contribution in [-0.2, 0) is 6.61 Å². The van der Waals surface area contributed by atoms with Crippen LogP contribution < -0.4 is 0 Å². The normalized spacial score (nSPS) is 10.3. The number of hydrogen-bond acceptors (Lipinski definition) is 2. The summed E-state index contributed by atoms with van der Waals surface area (Å²) >= 11 is 0. The van der Waals surface area contributed by atoms with Gasteiger partial charge in [-0.1, -0.05) is 30.3 Å². The number of pyridine rings is 1. The Hall–Kier alpha value is -1.67. The first-order valence-corrected chi connectivity index (χ1v) is 4.93. The summed E-state index contributed by atoms with van der Waals surface area (Å²) in [6.45, 7) is 2.04. The summed E-state index contributed by atoms with van der Waals surface area (Å²) in [5.41, 5.74) is 4.07. The molecule has 15 heavy (non-hydrogen) atoms. The SMILES string of the molecule is Cc1ncccc1-c1ccccc1CO. The van der Waals surface area contributed by atoms with Crippen LogP contribution in [0.2, 0.25) is 0 Å². The highest BCUT2D eigenvalue weighted by Crippen LogP contribution is 2.25. The van der Waals surface area contributed by atoms with Crippen molar-refractivity contribution in [3.8, 4) is 11.1 Å². The minimum atomic E-state index is 0.0600. The Labute approximate surface area is 89.2 Å². The Balaban J connectivity index is 2.59. The Morgan fingerprint density at radius 2 is 1.80 bits per heavy atom. The fourth-order valence-electron chi connectivity index (χ4n) is 1.69. The van der Waals surface area contributed by atoms with Crippen molar-refractivity contribution >= 4 is 0 Å². The maximum absolute atomic E-state index is 9.25. The summed E-state index contributed by atoms with van der Waals surface area (Å²) in [4.78, 5) is 4.25. The van der Waals surface area contributed by atoms with Crippen LogP contribution >= 0.6 is 0 Å². The van der Waals surface area contributed by atoms with Crippen molar-refractivity contribution in [1.82, 2.24) is 4.98 Å². The first-order valence-electron chi connectivity index (χ1n) is 4.93. The highest BCUT2D eigenvalue weighted by Gasteiger charge is 2.05. The molecule has 2 nitrogen and oxygen atoms in total. The smallest absolute Gasteiger partial charge is 0.0687 e. The molecule has 0 radical (unpaired) electrons. The predicted octanol–water partition coefficient (Wildman–Crippen LogP) is 2.55. The molecule has 2 rings (SSSR count). The highest BCUT2D eigenvalue weighted by molar-refractivity contribution is 5.68. The largest absolute Gasteiger partial charge is 0.392 e. The van der Waals surface area contributed by atoms with Gasteiger partial charge in [-0.2, -0.15) is 0 Å². The summed E-state index contributed by atoms with van der Waals surface area (Å²) < 4.78 is 0. The van der Waals surface area contributed by atoms with Crippen LogP contribution in [0.25, 0.3) is 11.1 Å². The molecule has 1 aromatic heterocycles. The Morgan fingerprint density at radius 3 is 2.53 bits per heavy atom. The monoisotopic (exact) mass is 199 g/mol. The zero-order chi connectivity index (χ0) is 10.7. The summed E-state index contributed by atoms with van der Waals surface area (Å²) in [6.07, 6.45) is 1.78. The molecule has 0 aliphatic heterocycles. The lowest BCUT2D eigenvalue weighted by Gasteiger charge is -2.08. The molecule has 0 spiro atoms. The van der Waals surface area contributed by atoms with Gasteiger partial charge in [-0.05, 0) is 24.1 Å². The van der Waals surface area contributed by atoms with Crippen LogP contribution in [0.3, 0.4) is 0 Å². The lowest BCUT2D eigenvalue weighted by Crippen LogP contribution is -1.92. The van der Waals surface area contributed by atoms with Crippen molar-refractivity contribution in [2.45, 2.75) is 13.5 Å². The molecule has 0 fully saturated rings. The molecular formula is C13H13NO. The van der Waals surface area contributed by atoms with E-state index in [-0.39, 0.29) is 6.61 Å². The molecule has 1 aromatic carbocycles. The molecule has 1 heterocycles. The average Bonchev–Trinajstić information content (AvgIpc) is 2.30. The van der Waals surface area contributed by atoms with Gasteiger partial charge in [0.05, 0.1) is 6.61 Å². The van der Waals surface area contributed by atoms with Crippen LogP contribution in [0.1, 0.15) is 11.3 Å². The highest BCUT2D eigenvalue weighted by atomic mass is 16.3. The molecule has 0 aliphatic rings. The minimum Gasteiger partial charge on any atom is -0.392 e. The number of benzene rings is 1. The number of aliphatic hydroxyl groups is 1. The lowest BCUT2D eigenvalue weighted by molar-refractivity contribution is 0.282. The van der Waals surface area contributed by atoms with Gasteiger partial charge < -0.3 is 5.11 Å². The molecule has 76 valence electrons. The van der Waals surface area contributed by atoms with E-state index < -0.39 is 0 Å². The zero-order valence-corrected chi connectivity index (χ0v) is 8.64. The van der Waals surface area contributed by atoms with E-state index in [1.54, 1.807) is 6.20 Å². The van der Waals surface area contributed by atoms with Crippen molar-refractivity contribution in [3.63, 3.8) is 0 Å². The van der Waals surface area contributed by atoms with E-state index in [0.717, 1.165) is 22.4 Å². The number of aliphatic hydroxyl groups excluding tert-OH is 1. The lowest BCUT2D eigenvalue weighted by atomic mass is 9.99. The second-order valence-electron chi connectivity index (χ2n) is 3.45. The summed E-state index contributed by atoms with van der Waals surface area (Å²) in [5.74, 6) is 0. The van der Waals surface area contributed by atoms with Gasteiger partial charge in [-0.25, -0.2) is 0 Å². The van der Waals surface area contributed by atoms with Gasteiger partial charge >= 0.3 is 0 Å². The van der Waals surface area contributed by atoms with Crippen LogP contribution in [0, 0.1) is 6.92 Å². The zero-order valence-electron chi connectivity index (χ0n) is 8.64. The van der Waals surface area contributed by atoms with E-state index in [9.17, 15) is 5.11 Å². The van der Waals surface area contributed by atoms with Crippen molar-refractivity contribution < 1.29 is 5.11 Å². The number of aromatic nitrogens is 1. The van der Waals surface area contributed by atoms with Crippen LogP contribution in [-0.4, -0.2) is 10.1 Å². The second-order valence-corrected chi connectivity index (χ2v) is 3.45. The van der Waals surface area contributed by atoms with E-state index in [1.165, 1.54) is 0 Å². The van der Waals surface area contributed by atoms with Gasteiger partial charge in [0.1, 0.15) is 0 Å². The van der Waals surface area contributed by atoms with E-state index in [2.05, 4.69) is 4.98 Å². The van der Waals surface area contributed by atoms with E-state index in [4.69, 9.17) is 0 Å². The maximum Gasteiger partial charge on any atom is 0.0687 e. The molecule has 0 unspecified atom stereocenters. The topological polar surface area (TPSA) is 33.1 Å². The van der Waals surface area contributed by atoms with Crippen molar-refractivity contribution in [2.75, 3.05) is 0 Å². The van der Waals surface area contributed by atoms with E-state index >= 15 is 0 Å². The number of aryl methyl sites for hydroxylation is 1. The number of nitrogens with zero attached hydrogens (tertiary/aromatic N) is 1. The fraction of sp³-hybridized carbons (Fsp3) is 0.154. The summed E-state index contributed by atoms with van der Waals surface area (Å²) in [6, 6.07) is 11.8.